The molecule has 2 N–H and O–H groups in total. The zero-order valence-electron chi connectivity index (χ0n) is 23.3. The maximum atomic E-state index is 13.0. The zero-order chi connectivity index (χ0) is 29.3. The predicted molar refractivity (Wildman–Crippen MR) is 153 cm³/mol. The fraction of sp³-hybridized carbons (Fsp3) is 0.281. The average Bonchev–Trinajstić information content (AvgIpc) is 3.46. The Morgan fingerprint density at radius 2 is 1.59 bits per heavy atom. The van der Waals surface area contributed by atoms with Crippen LogP contribution in [0.25, 0.3) is 22.0 Å². The number of rotatable bonds is 7. The number of aromatic nitrogens is 1. The number of carboxylic acid groups (broad SMARTS) is 1. The summed E-state index contributed by atoms with van der Waals surface area (Å²) in [7, 11) is 1.49. The molecule has 3 aromatic carbocycles. The van der Waals surface area contributed by atoms with Crippen molar-refractivity contribution in [2.75, 3.05) is 13.7 Å². The van der Waals surface area contributed by atoms with E-state index in [2.05, 4.69) is 5.32 Å². The SMILES string of the molecule is COc1cccc2c(C[C@H](NC(=O)OCC3c4ccccc4-c4ccccc43)C(=O)O)cn(C(=O)OC(C)(C)C)c12. The average molecular weight is 557 g/mol. The minimum absolute atomic E-state index is 0.0569. The number of aliphatic carboxylic acids is 1. The van der Waals surface area contributed by atoms with Gasteiger partial charge in [0.1, 0.15) is 29.5 Å². The second kappa shape index (κ2) is 11.0. The van der Waals surface area contributed by atoms with Crippen molar-refractivity contribution >= 4 is 29.1 Å². The Kier molecular flexibility index (Phi) is 7.45. The number of carboxylic acids is 1. The van der Waals surface area contributed by atoms with Gasteiger partial charge in [-0.1, -0.05) is 60.7 Å². The number of carbonyl (C=O) groups is 3. The first kappa shape index (κ1) is 27.8. The highest BCUT2D eigenvalue weighted by molar-refractivity contribution is 5.96. The van der Waals surface area contributed by atoms with E-state index in [-0.39, 0.29) is 18.9 Å². The van der Waals surface area contributed by atoms with E-state index in [4.69, 9.17) is 14.2 Å². The van der Waals surface area contributed by atoms with Gasteiger partial charge in [-0.2, -0.15) is 0 Å². The van der Waals surface area contributed by atoms with E-state index in [1.54, 1.807) is 39.0 Å². The summed E-state index contributed by atoms with van der Waals surface area (Å²) in [6.45, 7) is 5.33. The standard InChI is InChI=1S/C32H32N2O7/c1-32(2,3)41-31(38)34-17-19(20-14-9-15-27(39-4)28(20)34)16-26(29(35)36)33-30(37)40-18-25-23-12-7-5-10-21(23)22-11-6-8-13-24(22)25/h5-15,17,25-26H,16,18H2,1-4H3,(H,33,37)(H,35,36)/t26-/m0/s1. The molecule has 0 spiro atoms. The number of para-hydroxylation sites is 1. The quantitative estimate of drug-likeness (QED) is 0.288. The maximum Gasteiger partial charge on any atom is 0.419 e. The van der Waals surface area contributed by atoms with E-state index in [1.165, 1.54) is 17.9 Å². The second-order valence-electron chi connectivity index (χ2n) is 10.9. The number of hydrogen-bond acceptors (Lipinski definition) is 6. The lowest BCUT2D eigenvalue weighted by molar-refractivity contribution is -0.139. The molecule has 1 aliphatic rings. The van der Waals surface area contributed by atoms with Crippen LogP contribution >= 0.6 is 0 Å². The molecule has 0 unspecified atom stereocenters. The molecule has 4 aromatic rings. The molecular weight excluding hydrogens is 524 g/mol. The molecule has 0 fully saturated rings. The number of benzene rings is 3. The molecule has 1 amide bonds. The predicted octanol–water partition coefficient (Wildman–Crippen LogP) is 5.97. The molecule has 9 nitrogen and oxygen atoms in total. The van der Waals surface area contributed by atoms with Crippen molar-refractivity contribution in [1.82, 2.24) is 9.88 Å². The molecule has 41 heavy (non-hydrogen) atoms. The number of nitrogens with zero attached hydrogens (tertiary/aromatic N) is 1. The molecule has 0 radical (unpaired) electrons. The van der Waals surface area contributed by atoms with Gasteiger partial charge >= 0.3 is 18.2 Å². The summed E-state index contributed by atoms with van der Waals surface area (Å²) in [6, 6.07) is 19.8. The van der Waals surface area contributed by atoms with Gasteiger partial charge in [0.05, 0.1) is 7.11 Å². The molecule has 1 heterocycles. The van der Waals surface area contributed by atoms with Crippen LogP contribution in [0.4, 0.5) is 9.59 Å². The summed E-state index contributed by atoms with van der Waals surface area (Å²) in [4.78, 5) is 38.1. The number of nitrogens with one attached hydrogen (secondary N) is 1. The van der Waals surface area contributed by atoms with Gasteiger partial charge in [0.25, 0.3) is 0 Å². The highest BCUT2D eigenvalue weighted by atomic mass is 16.6. The lowest BCUT2D eigenvalue weighted by Crippen LogP contribution is -2.42. The first-order valence-corrected chi connectivity index (χ1v) is 13.3. The number of methoxy groups -OCH3 is 1. The molecule has 0 aliphatic heterocycles. The van der Waals surface area contributed by atoms with Gasteiger partial charge in [-0.3, -0.25) is 0 Å². The third kappa shape index (κ3) is 5.61. The van der Waals surface area contributed by atoms with Gasteiger partial charge in [-0.15, -0.1) is 0 Å². The van der Waals surface area contributed by atoms with Crippen LogP contribution in [-0.4, -0.2) is 53.2 Å². The highest BCUT2D eigenvalue weighted by Crippen LogP contribution is 2.44. The van der Waals surface area contributed by atoms with E-state index >= 15 is 0 Å². The molecule has 1 aliphatic carbocycles. The molecule has 0 bridgehead atoms. The van der Waals surface area contributed by atoms with Gasteiger partial charge < -0.3 is 24.6 Å². The highest BCUT2D eigenvalue weighted by Gasteiger charge is 2.31. The summed E-state index contributed by atoms with van der Waals surface area (Å²) < 4.78 is 17.9. The van der Waals surface area contributed by atoms with Crippen molar-refractivity contribution in [2.45, 2.75) is 44.8 Å². The first-order valence-electron chi connectivity index (χ1n) is 13.3. The van der Waals surface area contributed by atoms with Crippen LogP contribution in [-0.2, 0) is 20.7 Å². The lowest BCUT2D eigenvalue weighted by atomic mass is 9.98. The van der Waals surface area contributed by atoms with Crippen molar-refractivity contribution in [3.63, 3.8) is 0 Å². The normalized spacial score (nSPS) is 13.3. The third-order valence-corrected chi connectivity index (χ3v) is 7.04. The summed E-state index contributed by atoms with van der Waals surface area (Å²) >= 11 is 0. The molecule has 9 heteroatoms. The number of ether oxygens (including phenoxy) is 3. The van der Waals surface area contributed by atoms with Crippen LogP contribution in [0, 0.1) is 0 Å². The van der Waals surface area contributed by atoms with Crippen molar-refractivity contribution in [3.8, 4) is 16.9 Å². The number of fused-ring (bicyclic) bond motifs is 4. The van der Waals surface area contributed by atoms with Gasteiger partial charge in [-0.05, 0) is 54.7 Å². The summed E-state index contributed by atoms with van der Waals surface area (Å²) in [5, 5.41) is 13.1. The largest absolute Gasteiger partial charge is 0.495 e. The van der Waals surface area contributed by atoms with E-state index in [9.17, 15) is 19.5 Å². The van der Waals surface area contributed by atoms with Crippen molar-refractivity contribution in [2.24, 2.45) is 0 Å². The maximum absolute atomic E-state index is 13.0. The van der Waals surface area contributed by atoms with Gasteiger partial charge in [0, 0.05) is 23.9 Å². The zero-order valence-corrected chi connectivity index (χ0v) is 23.3. The molecule has 0 saturated carbocycles. The van der Waals surface area contributed by atoms with Crippen molar-refractivity contribution in [1.29, 1.82) is 0 Å². The topological polar surface area (TPSA) is 116 Å². The number of amides is 1. The minimum Gasteiger partial charge on any atom is -0.495 e. The molecule has 0 saturated heterocycles. The molecule has 1 aromatic heterocycles. The van der Waals surface area contributed by atoms with Crippen LogP contribution in [0.1, 0.15) is 43.4 Å². The molecular formula is C32H32N2O7. The second-order valence-corrected chi connectivity index (χ2v) is 10.9. The van der Waals surface area contributed by atoms with Gasteiger partial charge in [-0.25, -0.2) is 19.0 Å². The van der Waals surface area contributed by atoms with E-state index < -0.39 is 29.8 Å². The Morgan fingerprint density at radius 1 is 0.951 bits per heavy atom. The fourth-order valence-electron chi connectivity index (χ4n) is 5.30. The van der Waals surface area contributed by atoms with Crippen molar-refractivity contribution < 1.29 is 33.7 Å². The summed E-state index contributed by atoms with van der Waals surface area (Å²) in [6.07, 6.45) is -0.0439. The molecule has 1 atom stereocenters. The first-order chi connectivity index (χ1) is 19.6. The Balaban J connectivity index is 1.35. The Hall–Kier alpha value is -4.79. The van der Waals surface area contributed by atoms with Crippen molar-refractivity contribution in [3.05, 3.63) is 89.6 Å². The molecule has 212 valence electrons. The van der Waals surface area contributed by atoms with E-state index in [0.717, 1.165) is 22.3 Å². The summed E-state index contributed by atoms with van der Waals surface area (Å²) in [5.74, 6) is -0.966. The van der Waals surface area contributed by atoms with Gasteiger partial charge in [0.2, 0.25) is 0 Å². The van der Waals surface area contributed by atoms with Gasteiger partial charge in [0.15, 0.2) is 0 Å². The Bertz CT molecular complexity index is 1590. The van der Waals surface area contributed by atoms with Crippen LogP contribution in [0.5, 0.6) is 5.75 Å². The van der Waals surface area contributed by atoms with Crippen LogP contribution in [0.2, 0.25) is 0 Å². The lowest BCUT2D eigenvalue weighted by Gasteiger charge is -2.20. The smallest absolute Gasteiger partial charge is 0.419 e. The summed E-state index contributed by atoms with van der Waals surface area (Å²) in [5.41, 5.74) is 4.53. The monoisotopic (exact) mass is 556 g/mol. The number of alkyl carbamates (subject to hydrolysis) is 1. The number of hydrogen-bond donors (Lipinski definition) is 2. The van der Waals surface area contributed by atoms with Crippen LogP contribution in [0.3, 0.4) is 0 Å². The third-order valence-electron chi connectivity index (χ3n) is 7.04. The van der Waals surface area contributed by atoms with E-state index in [1.807, 2.05) is 48.5 Å². The fourth-order valence-corrected chi connectivity index (χ4v) is 5.30. The van der Waals surface area contributed by atoms with E-state index in [0.29, 0.717) is 22.2 Å². The number of carbonyl (C=O) groups excluding carboxylic acids is 2. The van der Waals surface area contributed by atoms with Crippen LogP contribution < -0.4 is 10.1 Å². The Labute approximate surface area is 237 Å². The minimum atomic E-state index is -1.31. The van der Waals surface area contributed by atoms with Crippen LogP contribution in [0.15, 0.2) is 72.9 Å². The Morgan fingerprint density at radius 3 is 2.17 bits per heavy atom. The molecule has 5 rings (SSSR count).